The van der Waals surface area contributed by atoms with Crippen LogP contribution in [0.5, 0.6) is 0 Å². The Morgan fingerprint density at radius 3 is 1.62 bits per heavy atom. The smallest absolute Gasteiger partial charge is 0.326 e. The number of ketones is 1. The molecule has 1 heterocycles. The number of esters is 1. The van der Waals surface area contributed by atoms with Crippen LogP contribution in [0.4, 0.5) is 0 Å². The van der Waals surface area contributed by atoms with Crippen LogP contribution in [0.15, 0.2) is 78.9 Å². The first-order valence-electron chi connectivity index (χ1n) is 11.9. The van der Waals surface area contributed by atoms with Crippen molar-refractivity contribution in [3.63, 3.8) is 0 Å². The summed E-state index contributed by atoms with van der Waals surface area (Å²) in [6.07, 6.45) is -1.09. The van der Waals surface area contributed by atoms with Crippen LogP contribution in [0.1, 0.15) is 39.5 Å². The fraction of sp³-hybridized carbons (Fsp3) is 0.241. The van der Waals surface area contributed by atoms with E-state index >= 15 is 0 Å². The third-order valence-corrected chi connectivity index (χ3v) is 8.98. The monoisotopic (exact) mass is 533 g/mol. The summed E-state index contributed by atoms with van der Waals surface area (Å²) in [5.74, 6) is -4.42. The molecule has 0 radical (unpaired) electrons. The first kappa shape index (κ1) is 23.9. The molecule has 0 unspecified atom stereocenters. The zero-order chi connectivity index (χ0) is 26.1. The van der Waals surface area contributed by atoms with Gasteiger partial charge < -0.3 is 4.74 Å². The summed E-state index contributed by atoms with van der Waals surface area (Å²) < 4.78 is 5.32. The van der Waals surface area contributed by atoms with Gasteiger partial charge in [0.25, 0.3) is 0 Å². The minimum absolute atomic E-state index is 0.384. The molecular weight excluding hydrogens is 513 g/mol. The van der Waals surface area contributed by atoms with E-state index in [2.05, 4.69) is 0 Å². The number of alkyl halides is 2. The molecule has 1 aliphatic heterocycles. The quantitative estimate of drug-likeness (QED) is 0.210. The lowest BCUT2D eigenvalue weighted by molar-refractivity contribution is -0.154. The van der Waals surface area contributed by atoms with Gasteiger partial charge in [-0.2, -0.15) is 0 Å². The van der Waals surface area contributed by atoms with E-state index in [1.54, 1.807) is 30.3 Å². The molecule has 2 amide bonds. The molecular formula is C29H21Cl2NO5. The van der Waals surface area contributed by atoms with Crippen molar-refractivity contribution in [2.45, 2.75) is 22.8 Å². The number of nitrogens with zero attached hydrogens (tertiary/aromatic N) is 1. The number of likely N-dealkylation sites (tertiary alicyclic amines) is 1. The van der Waals surface area contributed by atoms with Crippen LogP contribution in [-0.2, 0) is 28.9 Å². The molecule has 186 valence electrons. The van der Waals surface area contributed by atoms with E-state index in [9.17, 15) is 19.2 Å². The third kappa shape index (κ3) is 3.12. The molecule has 0 aromatic heterocycles. The van der Waals surface area contributed by atoms with Gasteiger partial charge in [-0.3, -0.25) is 24.1 Å². The molecule has 6 nitrogen and oxygen atoms in total. The van der Waals surface area contributed by atoms with Crippen molar-refractivity contribution < 1.29 is 23.9 Å². The summed E-state index contributed by atoms with van der Waals surface area (Å²) in [7, 11) is 0. The molecule has 1 fully saturated rings. The van der Waals surface area contributed by atoms with Gasteiger partial charge in [-0.05, 0) is 29.2 Å². The SMILES string of the molecule is C[C@H](OC(=O)CN1C(=O)[C@H]2[C@H](C1=O)C1(Cl)c3ccccc3C2(Cl)c2ccccc21)C(=O)c1ccccc1. The fourth-order valence-corrected chi connectivity index (χ4v) is 7.23. The maximum atomic E-state index is 13.8. The number of halogens is 2. The zero-order valence-electron chi connectivity index (χ0n) is 19.7. The maximum Gasteiger partial charge on any atom is 0.326 e. The van der Waals surface area contributed by atoms with E-state index in [-0.39, 0.29) is 5.78 Å². The Kier molecular flexibility index (Phi) is 5.34. The Hall–Kier alpha value is -3.48. The lowest BCUT2D eigenvalue weighted by Crippen LogP contribution is -2.57. The summed E-state index contributed by atoms with van der Waals surface area (Å²) >= 11 is 14.7. The molecule has 0 saturated carbocycles. The molecule has 3 aliphatic carbocycles. The minimum atomic E-state index is -1.32. The van der Waals surface area contributed by atoms with E-state index < -0.39 is 52.0 Å². The van der Waals surface area contributed by atoms with Gasteiger partial charge in [0.05, 0.1) is 11.8 Å². The lowest BCUT2D eigenvalue weighted by atomic mass is 9.54. The molecule has 0 N–H and O–H groups in total. The van der Waals surface area contributed by atoms with Crippen LogP contribution in [0.25, 0.3) is 0 Å². The highest BCUT2D eigenvalue weighted by Crippen LogP contribution is 2.69. The van der Waals surface area contributed by atoms with Gasteiger partial charge in [-0.25, -0.2) is 0 Å². The third-order valence-electron chi connectivity index (χ3n) is 7.70. The van der Waals surface area contributed by atoms with Crippen LogP contribution < -0.4 is 0 Å². The number of hydrogen-bond acceptors (Lipinski definition) is 5. The summed E-state index contributed by atoms with van der Waals surface area (Å²) in [4.78, 5) is 51.2. The molecule has 8 heteroatoms. The molecule has 4 aliphatic rings. The average molecular weight is 534 g/mol. The minimum Gasteiger partial charge on any atom is -0.453 e. The van der Waals surface area contributed by atoms with Gasteiger partial charge >= 0.3 is 5.97 Å². The molecule has 3 atom stereocenters. The topological polar surface area (TPSA) is 80.8 Å². The number of hydrogen-bond donors (Lipinski definition) is 0. The molecule has 3 aromatic carbocycles. The van der Waals surface area contributed by atoms with E-state index in [0.717, 1.165) is 4.90 Å². The van der Waals surface area contributed by atoms with Gasteiger partial charge in [-0.15, -0.1) is 23.2 Å². The Morgan fingerprint density at radius 1 is 0.784 bits per heavy atom. The number of ether oxygens (including phenoxy) is 1. The molecule has 1 saturated heterocycles. The highest BCUT2D eigenvalue weighted by atomic mass is 35.5. The molecule has 0 spiro atoms. The number of carbonyl (C=O) groups is 4. The summed E-state index contributed by atoms with van der Waals surface area (Å²) in [6, 6.07) is 23.0. The van der Waals surface area contributed by atoms with Gasteiger partial charge in [0, 0.05) is 5.56 Å². The number of Topliss-reactive ketones (excluding diaryl/α,β-unsaturated/α-hetero) is 1. The predicted molar refractivity (Wildman–Crippen MR) is 136 cm³/mol. The first-order chi connectivity index (χ1) is 17.7. The summed E-state index contributed by atoms with van der Waals surface area (Å²) in [5, 5.41) is 0. The van der Waals surface area contributed by atoms with E-state index in [1.165, 1.54) is 6.92 Å². The van der Waals surface area contributed by atoms with Crippen molar-refractivity contribution in [3.8, 4) is 0 Å². The van der Waals surface area contributed by atoms with Crippen molar-refractivity contribution in [1.82, 2.24) is 4.90 Å². The van der Waals surface area contributed by atoms with Crippen molar-refractivity contribution in [2.75, 3.05) is 6.54 Å². The highest BCUT2D eigenvalue weighted by Gasteiger charge is 2.73. The van der Waals surface area contributed by atoms with Crippen LogP contribution in [0, 0.1) is 11.8 Å². The number of carbonyl (C=O) groups excluding carboxylic acids is 4. The van der Waals surface area contributed by atoms with E-state index in [4.69, 9.17) is 27.9 Å². The lowest BCUT2D eigenvalue weighted by Gasteiger charge is -2.54. The Labute approximate surface area is 223 Å². The number of amides is 2. The van der Waals surface area contributed by atoms with Crippen LogP contribution in [0.3, 0.4) is 0 Å². The molecule has 37 heavy (non-hydrogen) atoms. The van der Waals surface area contributed by atoms with Crippen molar-refractivity contribution in [1.29, 1.82) is 0 Å². The fourth-order valence-electron chi connectivity index (χ4n) is 6.13. The second-order valence-electron chi connectivity index (χ2n) is 9.60. The number of imide groups is 1. The van der Waals surface area contributed by atoms with Gasteiger partial charge in [0.1, 0.15) is 16.3 Å². The molecule has 7 rings (SSSR count). The van der Waals surface area contributed by atoms with E-state index in [0.29, 0.717) is 27.8 Å². The predicted octanol–water partition coefficient (Wildman–Crippen LogP) is 4.39. The summed E-state index contributed by atoms with van der Waals surface area (Å²) in [5.41, 5.74) is 3.11. The Morgan fingerprint density at radius 2 is 1.19 bits per heavy atom. The molecule has 2 bridgehead atoms. The Bertz CT molecular complexity index is 1360. The highest BCUT2D eigenvalue weighted by molar-refractivity contribution is 6.36. The van der Waals surface area contributed by atoms with Gasteiger partial charge in [-0.1, -0.05) is 78.9 Å². The van der Waals surface area contributed by atoms with Crippen molar-refractivity contribution in [3.05, 3.63) is 107 Å². The van der Waals surface area contributed by atoms with Crippen LogP contribution in [-0.4, -0.2) is 41.1 Å². The number of benzene rings is 3. The summed E-state index contributed by atoms with van der Waals surface area (Å²) in [6.45, 7) is 0.819. The normalized spacial score (nSPS) is 27.8. The second-order valence-corrected chi connectivity index (χ2v) is 10.8. The first-order valence-corrected chi connectivity index (χ1v) is 12.7. The largest absolute Gasteiger partial charge is 0.453 e. The van der Waals surface area contributed by atoms with Crippen LogP contribution >= 0.6 is 23.2 Å². The van der Waals surface area contributed by atoms with Gasteiger partial charge in [0.2, 0.25) is 17.6 Å². The van der Waals surface area contributed by atoms with Crippen LogP contribution in [0.2, 0.25) is 0 Å². The maximum absolute atomic E-state index is 13.8. The Balaban J connectivity index is 1.33. The van der Waals surface area contributed by atoms with Gasteiger partial charge in [0.15, 0.2) is 6.10 Å². The average Bonchev–Trinajstić information content (AvgIpc) is 3.17. The van der Waals surface area contributed by atoms with Crippen molar-refractivity contribution in [2.24, 2.45) is 11.8 Å². The second kappa shape index (κ2) is 8.27. The van der Waals surface area contributed by atoms with Crippen molar-refractivity contribution >= 4 is 46.8 Å². The molecule has 3 aromatic rings. The zero-order valence-corrected chi connectivity index (χ0v) is 21.2. The number of rotatable bonds is 5. The standard InChI is InChI=1S/C29H21Cl2NO5/c1-16(25(34)17-9-3-2-4-10-17)37-22(33)15-32-26(35)23-24(27(32)36)29(31)19-12-6-5-11-18(19)28(23,30)20-13-7-8-14-21(20)29/h2-14,16,23-24H,15H2,1H3/t16-,23+,24+,28?,29?/m0/s1. The van der Waals surface area contributed by atoms with E-state index in [1.807, 2.05) is 48.5 Å².